The van der Waals surface area contributed by atoms with Crippen molar-refractivity contribution >= 4 is 0 Å². The number of rotatable bonds is 2. The number of aromatic nitrogens is 1. The summed E-state index contributed by atoms with van der Waals surface area (Å²) in [6, 6.07) is 1.76. The second-order valence-electron chi connectivity index (χ2n) is 2.96. The fourth-order valence-corrected chi connectivity index (χ4v) is 1.17. The molecule has 1 heterocycles. The van der Waals surface area contributed by atoms with Crippen LogP contribution in [0.1, 0.15) is 18.6 Å². The predicted octanol–water partition coefficient (Wildman–Crippen LogP) is 1.35. The fraction of sp³-hybridized carbons (Fsp3) is 0.444. The number of ether oxygens (including phenoxy) is 1. The van der Waals surface area contributed by atoms with Gasteiger partial charge in [-0.25, -0.2) is 0 Å². The third kappa shape index (κ3) is 0.884. The molecule has 0 aromatic carbocycles. The van der Waals surface area contributed by atoms with Gasteiger partial charge in [0.1, 0.15) is 0 Å². The molecule has 1 aromatic heterocycles. The molecule has 0 bridgehead atoms. The Hall–Kier alpha value is -1.43. The van der Waals surface area contributed by atoms with E-state index in [0.717, 1.165) is 18.6 Å². The maximum Gasteiger partial charge on any atom is 0.254 e. The van der Waals surface area contributed by atoms with Crippen molar-refractivity contribution in [1.29, 1.82) is 0 Å². The molecule has 0 spiro atoms. The third-order valence-electron chi connectivity index (χ3n) is 2.20. The first-order chi connectivity index (χ1) is 5.80. The van der Waals surface area contributed by atoms with E-state index < -0.39 is 0 Å². The van der Waals surface area contributed by atoms with Crippen molar-refractivity contribution in [2.45, 2.75) is 18.3 Å². The lowest BCUT2D eigenvalue weighted by molar-refractivity contribution is 0.321. The minimum Gasteiger partial charge on any atom is -0.479 e. The summed E-state index contributed by atoms with van der Waals surface area (Å²) >= 11 is 0. The summed E-state index contributed by atoms with van der Waals surface area (Å²) in [4.78, 5) is 0. The van der Waals surface area contributed by atoms with E-state index in [0.29, 0.717) is 5.88 Å². The van der Waals surface area contributed by atoms with E-state index in [1.807, 2.05) is 0 Å². The first-order valence-corrected chi connectivity index (χ1v) is 3.80. The highest BCUT2D eigenvalue weighted by molar-refractivity contribution is 5.36. The molecule has 2 rings (SSSR count). The van der Waals surface area contributed by atoms with Crippen molar-refractivity contribution in [2.75, 3.05) is 7.11 Å². The Balaban J connectivity index is 2.30. The zero-order valence-corrected chi connectivity index (χ0v) is 6.83. The number of methoxy groups -OCH3 is 1. The molecule has 0 N–H and O–H groups in total. The standard InChI is InChI=1S/C9H9NO2/c1-3-9(4-5-9)7-6-8(11-2)10-12-7/h1,6H,4-5H2,2H3. The highest BCUT2D eigenvalue weighted by atomic mass is 16.5. The number of hydrogen-bond donors (Lipinski definition) is 0. The van der Waals surface area contributed by atoms with Gasteiger partial charge in [-0.3, -0.25) is 0 Å². The van der Waals surface area contributed by atoms with E-state index in [-0.39, 0.29) is 5.41 Å². The molecule has 0 amide bonds. The maximum absolute atomic E-state index is 5.37. The van der Waals surface area contributed by atoms with Crippen LogP contribution in [0.25, 0.3) is 0 Å². The summed E-state index contributed by atoms with van der Waals surface area (Å²) in [5.41, 5.74) is -0.177. The van der Waals surface area contributed by atoms with E-state index >= 15 is 0 Å². The lowest BCUT2D eigenvalue weighted by atomic mass is 10.1. The topological polar surface area (TPSA) is 35.3 Å². The SMILES string of the molecule is C#CC1(c2cc(OC)no2)CC1. The van der Waals surface area contributed by atoms with Gasteiger partial charge in [0.2, 0.25) is 0 Å². The van der Waals surface area contributed by atoms with E-state index in [4.69, 9.17) is 15.7 Å². The highest BCUT2D eigenvalue weighted by Gasteiger charge is 2.46. The quantitative estimate of drug-likeness (QED) is 0.617. The Bertz CT molecular complexity index is 331. The van der Waals surface area contributed by atoms with Crippen molar-refractivity contribution in [3.8, 4) is 18.2 Å². The van der Waals surface area contributed by atoms with Gasteiger partial charge >= 0.3 is 0 Å². The van der Waals surface area contributed by atoms with Crippen LogP contribution in [-0.2, 0) is 5.41 Å². The van der Waals surface area contributed by atoms with Crippen molar-refractivity contribution in [1.82, 2.24) is 5.16 Å². The number of terminal acetylenes is 1. The summed E-state index contributed by atoms with van der Waals surface area (Å²) in [5, 5.41) is 3.70. The van der Waals surface area contributed by atoms with Gasteiger partial charge in [0.25, 0.3) is 5.88 Å². The molecular formula is C9H9NO2. The molecule has 1 aliphatic rings. The molecule has 0 radical (unpaired) electrons. The van der Waals surface area contributed by atoms with Crippen LogP contribution in [0, 0.1) is 12.3 Å². The second kappa shape index (κ2) is 2.28. The minimum atomic E-state index is -0.177. The van der Waals surface area contributed by atoms with Gasteiger partial charge < -0.3 is 9.26 Å². The predicted molar refractivity (Wildman–Crippen MR) is 42.8 cm³/mol. The van der Waals surface area contributed by atoms with Crippen molar-refractivity contribution in [3.63, 3.8) is 0 Å². The third-order valence-corrected chi connectivity index (χ3v) is 2.20. The lowest BCUT2D eigenvalue weighted by Gasteiger charge is -1.97. The van der Waals surface area contributed by atoms with Gasteiger partial charge in [0.05, 0.1) is 12.5 Å². The summed E-state index contributed by atoms with van der Waals surface area (Å²) < 4.78 is 9.95. The van der Waals surface area contributed by atoms with Crippen LogP contribution in [0.2, 0.25) is 0 Å². The van der Waals surface area contributed by atoms with Crippen LogP contribution in [0.15, 0.2) is 10.6 Å². The lowest BCUT2D eigenvalue weighted by Crippen LogP contribution is -1.99. The molecular weight excluding hydrogens is 154 g/mol. The summed E-state index contributed by atoms with van der Waals surface area (Å²) in [7, 11) is 1.55. The van der Waals surface area contributed by atoms with E-state index in [2.05, 4.69) is 11.1 Å². The van der Waals surface area contributed by atoms with E-state index in [9.17, 15) is 0 Å². The van der Waals surface area contributed by atoms with Crippen LogP contribution in [0.3, 0.4) is 0 Å². The number of nitrogens with zero attached hydrogens (tertiary/aromatic N) is 1. The largest absolute Gasteiger partial charge is 0.479 e. The molecule has 0 atom stereocenters. The number of hydrogen-bond acceptors (Lipinski definition) is 3. The first kappa shape index (κ1) is 7.23. The summed E-state index contributed by atoms with van der Waals surface area (Å²) in [5.74, 6) is 3.96. The van der Waals surface area contributed by atoms with E-state index in [1.54, 1.807) is 13.2 Å². The van der Waals surface area contributed by atoms with Crippen LogP contribution in [-0.4, -0.2) is 12.3 Å². The van der Waals surface area contributed by atoms with Gasteiger partial charge in [-0.2, -0.15) is 0 Å². The summed E-state index contributed by atoms with van der Waals surface area (Å²) in [6.45, 7) is 0. The molecule has 1 fully saturated rings. The molecule has 1 saturated carbocycles. The molecule has 0 saturated heterocycles. The Morgan fingerprint density at radius 3 is 2.92 bits per heavy atom. The highest BCUT2D eigenvalue weighted by Crippen LogP contribution is 2.48. The molecule has 3 heteroatoms. The van der Waals surface area contributed by atoms with Crippen molar-refractivity contribution in [2.24, 2.45) is 0 Å². The van der Waals surface area contributed by atoms with Gasteiger partial charge in [-0.15, -0.1) is 6.42 Å². The molecule has 3 nitrogen and oxygen atoms in total. The first-order valence-electron chi connectivity index (χ1n) is 3.80. The van der Waals surface area contributed by atoms with Gasteiger partial charge in [-0.1, -0.05) is 5.92 Å². The monoisotopic (exact) mass is 163 g/mol. The van der Waals surface area contributed by atoms with Gasteiger partial charge in [0.15, 0.2) is 5.76 Å². The second-order valence-corrected chi connectivity index (χ2v) is 2.96. The van der Waals surface area contributed by atoms with Crippen LogP contribution < -0.4 is 4.74 Å². The Morgan fingerprint density at radius 1 is 1.75 bits per heavy atom. The molecule has 0 unspecified atom stereocenters. The maximum atomic E-state index is 5.37. The molecule has 1 aromatic rings. The van der Waals surface area contributed by atoms with Gasteiger partial charge in [-0.05, 0) is 18.0 Å². The van der Waals surface area contributed by atoms with Gasteiger partial charge in [0, 0.05) is 6.07 Å². The van der Waals surface area contributed by atoms with Crippen molar-refractivity contribution in [3.05, 3.63) is 11.8 Å². The Kier molecular flexibility index (Phi) is 1.37. The normalized spacial score (nSPS) is 18.3. The average molecular weight is 163 g/mol. The zero-order valence-electron chi connectivity index (χ0n) is 6.83. The molecule has 0 aliphatic heterocycles. The Labute approximate surface area is 70.7 Å². The van der Waals surface area contributed by atoms with Crippen LogP contribution in [0.5, 0.6) is 5.88 Å². The van der Waals surface area contributed by atoms with E-state index in [1.165, 1.54) is 0 Å². The van der Waals surface area contributed by atoms with Crippen molar-refractivity contribution < 1.29 is 9.26 Å². The average Bonchev–Trinajstić information content (AvgIpc) is 2.77. The van der Waals surface area contributed by atoms with Crippen LogP contribution >= 0.6 is 0 Å². The molecule has 1 aliphatic carbocycles. The smallest absolute Gasteiger partial charge is 0.254 e. The molecule has 12 heavy (non-hydrogen) atoms. The molecule has 62 valence electrons. The Morgan fingerprint density at radius 2 is 2.50 bits per heavy atom. The summed E-state index contributed by atoms with van der Waals surface area (Å²) in [6.07, 6.45) is 7.35. The minimum absolute atomic E-state index is 0.177. The zero-order chi connectivity index (χ0) is 8.60. The van der Waals surface area contributed by atoms with Crippen LogP contribution in [0.4, 0.5) is 0 Å². The fourth-order valence-electron chi connectivity index (χ4n) is 1.17.